The Labute approximate surface area is 129 Å². The fourth-order valence-corrected chi connectivity index (χ4v) is 3.69. The maximum absolute atomic E-state index is 12.4. The van der Waals surface area contributed by atoms with Gasteiger partial charge in [0.2, 0.25) is 5.91 Å². The van der Waals surface area contributed by atoms with Crippen molar-refractivity contribution in [2.45, 2.75) is 19.4 Å². The second-order valence-corrected chi connectivity index (χ2v) is 6.44. The number of nitrogens with zero attached hydrogens (tertiary/aromatic N) is 3. The summed E-state index contributed by atoms with van der Waals surface area (Å²) >= 11 is 0. The molecular weight excluding hydrogens is 278 g/mol. The van der Waals surface area contributed by atoms with Crippen LogP contribution >= 0.6 is 0 Å². The van der Waals surface area contributed by atoms with Gasteiger partial charge in [-0.3, -0.25) is 14.6 Å². The first-order chi connectivity index (χ1) is 10.7. The lowest BCUT2D eigenvalue weighted by Crippen LogP contribution is -2.31. The molecule has 1 spiro atoms. The maximum atomic E-state index is 12.4. The topological polar surface area (TPSA) is 49.6 Å². The third kappa shape index (κ3) is 2.41. The van der Waals surface area contributed by atoms with Crippen LogP contribution in [0.15, 0.2) is 47.4 Å². The van der Waals surface area contributed by atoms with Gasteiger partial charge in [0.15, 0.2) is 0 Å². The molecule has 22 heavy (non-hydrogen) atoms. The van der Waals surface area contributed by atoms with Crippen LogP contribution in [0.5, 0.6) is 0 Å². The van der Waals surface area contributed by atoms with Crippen LogP contribution < -0.4 is 4.90 Å². The highest BCUT2D eigenvalue weighted by molar-refractivity contribution is 5.95. The summed E-state index contributed by atoms with van der Waals surface area (Å²) in [6.45, 7) is 3.68. The smallest absolute Gasteiger partial charge is 0.228 e. The lowest BCUT2D eigenvalue weighted by Gasteiger charge is -2.23. The van der Waals surface area contributed by atoms with Crippen molar-refractivity contribution in [2.24, 2.45) is 5.41 Å². The fourth-order valence-electron chi connectivity index (χ4n) is 3.69. The van der Waals surface area contributed by atoms with Gasteiger partial charge in [-0.05, 0) is 31.2 Å². The van der Waals surface area contributed by atoms with Crippen LogP contribution in [0.1, 0.15) is 18.4 Å². The molecular formula is C17H19N3O2. The summed E-state index contributed by atoms with van der Waals surface area (Å²) in [5.74, 6) is 0.974. The minimum atomic E-state index is 0.0817. The van der Waals surface area contributed by atoms with Crippen molar-refractivity contribution in [1.82, 2.24) is 9.88 Å². The number of carbonyl (C=O) groups excluding carboxylic acids is 1. The van der Waals surface area contributed by atoms with E-state index in [0.29, 0.717) is 6.42 Å². The molecule has 0 N–H and O–H groups in total. The van der Waals surface area contributed by atoms with Crippen LogP contribution in [0, 0.1) is 5.41 Å². The minimum Gasteiger partial charge on any atom is -0.472 e. The second kappa shape index (κ2) is 5.25. The number of hydrogen-bond donors (Lipinski definition) is 0. The monoisotopic (exact) mass is 297 g/mol. The van der Waals surface area contributed by atoms with Gasteiger partial charge >= 0.3 is 0 Å². The van der Waals surface area contributed by atoms with Crippen LogP contribution in [0.4, 0.5) is 5.82 Å². The average molecular weight is 297 g/mol. The Hall–Kier alpha value is -2.14. The minimum absolute atomic E-state index is 0.0817. The van der Waals surface area contributed by atoms with Crippen LogP contribution in [-0.4, -0.2) is 35.4 Å². The third-order valence-electron chi connectivity index (χ3n) is 4.75. The fraction of sp³-hybridized carbons (Fsp3) is 0.412. The van der Waals surface area contributed by atoms with Crippen molar-refractivity contribution in [1.29, 1.82) is 0 Å². The quantitative estimate of drug-likeness (QED) is 0.872. The van der Waals surface area contributed by atoms with Gasteiger partial charge in [-0.1, -0.05) is 6.07 Å². The number of hydrogen-bond acceptors (Lipinski definition) is 4. The third-order valence-corrected chi connectivity index (χ3v) is 4.75. The van der Waals surface area contributed by atoms with Gasteiger partial charge in [0.1, 0.15) is 5.82 Å². The molecule has 114 valence electrons. The Kier molecular flexibility index (Phi) is 3.22. The number of pyridine rings is 1. The van der Waals surface area contributed by atoms with Crippen molar-refractivity contribution >= 4 is 11.7 Å². The van der Waals surface area contributed by atoms with Crippen molar-refractivity contribution in [3.8, 4) is 0 Å². The van der Waals surface area contributed by atoms with Gasteiger partial charge in [-0.25, -0.2) is 4.98 Å². The number of anilines is 1. The first-order valence-corrected chi connectivity index (χ1v) is 7.69. The van der Waals surface area contributed by atoms with Gasteiger partial charge in [0, 0.05) is 43.2 Å². The lowest BCUT2D eigenvalue weighted by molar-refractivity contribution is -0.117. The van der Waals surface area contributed by atoms with Crippen LogP contribution in [0.3, 0.4) is 0 Å². The SMILES string of the molecule is O=C1C[C@]2(CCN(Cc3ccoc3)C2)CN1c1ccccn1. The predicted molar refractivity (Wildman–Crippen MR) is 82.2 cm³/mol. The van der Waals surface area contributed by atoms with Crippen LogP contribution in [-0.2, 0) is 11.3 Å². The summed E-state index contributed by atoms with van der Waals surface area (Å²) in [6.07, 6.45) is 6.95. The molecule has 0 aromatic carbocycles. The number of carbonyl (C=O) groups is 1. The van der Waals surface area contributed by atoms with Gasteiger partial charge in [-0.2, -0.15) is 0 Å². The predicted octanol–water partition coefficient (Wildman–Crippen LogP) is 2.30. The van der Waals surface area contributed by atoms with Crippen molar-refractivity contribution in [2.75, 3.05) is 24.5 Å². The van der Waals surface area contributed by atoms with E-state index in [2.05, 4.69) is 9.88 Å². The van der Waals surface area contributed by atoms with Crippen LogP contribution in [0.25, 0.3) is 0 Å². The van der Waals surface area contributed by atoms with Crippen LogP contribution in [0.2, 0.25) is 0 Å². The molecule has 2 saturated heterocycles. The summed E-state index contributed by atoms with van der Waals surface area (Å²) in [5.41, 5.74) is 1.28. The molecule has 4 rings (SSSR count). The molecule has 1 atom stereocenters. The van der Waals surface area contributed by atoms with Crippen molar-refractivity contribution in [3.63, 3.8) is 0 Å². The number of aromatic nitrogens is 1. The van der Waals surface area contributed by atoms with E-state index < -0.39 is 0 Å². The summed E-state index contributed by atoms with van der Waals surface area (Å²) in [7, 11) is 0. The highest BCUT2D eigenvalue weighted by Gasteiger charge is 2.47. The Morgan fingerprint density at radius 1 is 1.27 bits per heavy atom. The molecule has 2 aliphatic heterocycles. The Bertz CT molecular complexity index is 656. The Morgan fingerprint density at radius 3 is 3.00 bits per heavy atom. The first kappa shape index (κ1) is 13.5. The van der Waals surface area contributed by atoms with Gasteiger partial charge in [0.05, 0.1) is 12.5 Å². The Balaban J connectivity index is 1.46. The molecule has 0 aliphatic carbocycles. The highest BCUT2D eigenvalue weighted by atomic mass is 16.3. The van der Waals surface area contributed by atoms with E-state index in [0.717, 1.165) is 38.4 Å². The molecule has 2 fully saturated rings. The van der Waals surface area contributed by atoms with Crippen molar-refractivity contribution < 1.29 is 9.21 Å². The van der Waals surface area contributed by atoms with E-state index in [1.807, 2.05) is 29.2 Å². The molecule has 0 saturated carbocycles. The van der Waals surface area contributed by atoms with E-state index in [-0.39, 0.29) is 11.3 Å². The molecule has 4 heterocycles. The molecule has 5 heteroatoms. The van der Waals surface area contributed by atoms with E-state index in [4.69, 9.17) is 4.42 Å². The van der Waals surface area contributed by atoms with E-state index >= 15 is 0 Å². The Morgan fingerprint density at radius 2 is 2.23 bits per heavy atom. The number of furan rings is 1. The summed E-state index contributed by atoms with van der Waals surface area (Å²) in [4.78, 5) is 21.0. The molecule has 5 nitrogen and oxygen atoms in total. The van der Waals surface area contributed by atoms with E-state index in [1.54, 1.807) is 18.7 Å². The zero-order valence-electron chi connectivity index (χ0n) is 12.4. The molecule has 2 aromatic heterocycles. The molecule has 2 aromatic rings. The average Bonchev–Trinajstić information content (AvgIpc) is 3.23. The summed E-state index contributed by atoms with van der Waals surface area (Å²) < 4.78 is 5.14. The standard InChI is InChI=1S/C17H19N3O2/c21-16-9-17(13-20(16)15-3-1-2-6-18-15)5-7-19(12-17)10-14-4-8-22-11-14/h1-4,6,8,11H,5,7,9-10,12-13H2/t17-/m0/s1. The van der Waals surface area contributed by atoms with Gasteiger partial charge in [-0.15, -0.1) is 0 Å². The number of likely N-dealkylation sites (tertiary alicyclic amines) is 1. The molecule has 1 amide bonds. The number of rotatable bonds is 3. The first-order valence-electron chi connectivity index (χ1n) is 7.69. The van der Waals surface area contributed by atoms with Crippen molar-refractivity contribution in [3.05, 3.63) is 48.6 Å². The second-order valence-electron chi connectivity index (χ2n) is 6.44. The molecule has 0 bridgehead atoms. The lowest BCUT2D eigenvalue weighted by atomic mass is 9.86. The van der Waals surface area contributed by atoms with E-state index in [9.17, 15) is 4.79 Å². The summed E-state index contributed by atoms with van der Waals surface area (Å²) in [6, 6.07) is 7.72. The zero-order chi connectivity index (χ0) is 15.0. The highest BCUT2D eigenvalue weighted by Crippen LogP contribution is 2.41. The summed E-state index contributed by atoms with van der Waals surface area (Å²) in [5, 5.41) is 0. The van der Waals surface area contributed by atoms with Gasteiger partial charge < -0.3 is 4.42 Å². The molecule has 0 radical (unpaired) electrons. The molecule has 0 unspecified atom stereocenters. The zero-order valence-corrected chi connectivity index (χ0v) is 12.4. The largest absolute Gasteiger partial charge is 0.472 e. The maximum Gasteiger partial charge on any atom is 0.228 e. The number of amides is 1. The molecule has 2 aliphatic rings. The normalized spacial score (nSPS) is 25.5. The van der Waals surface area contributed by atoms with Gasteiger partial charge in [0.25, 0.3) is 0 Å². The van der Waals surface area contributed by atoms with E-state index in [1.165, 1.54) is 5.56 Å².